The fraction of sp³-hybridized carbons (Fsp3) is 0.533. The first-order chi connectivity index (χ1) is 8.37. The standard InChI is InChI=1S/C15H22N2O/c1-15(2,3)9-14(18)17-10-12(16)8-11-6-4-5-7-13(11)17/h4-7,12H,8-10,16H2,1-3H3. The molecule has 1 amide bonds. The molecule has 1 atom stereocenters. The third-order valence-electron chi connectivity index (χ3n) is 3.16. The molecule has 3 heteroatoms. The van der Waals surface area contributed by atoms with E-state index in [2.05, 4.69) is 26.8 Å². The smallest absolute Gasteiger partial charge is 0.227 e. The second-order valence-electron chi connectivity index (χ2n) is 6.33. The predicted octanol–water partition coefficient (Wildman–Crippen LogP) is 2.34. The SMILES string of the molecule is CC(C)(C)CC(=O)N1CC(N)Cc2ccccc21. The lowest BCUT2D eigenvalue weighted by atomic mass is 9.90. The van der Waals surface area contributed by atoms with E-state index >= 15 is 0 Å². The Labute approximate surface area is 109 Å². The lowest BCUT2D eigenvalue weighted by molar-refractivity contribution is -0.120. The number of rotatable bonds is 1. The highest BCUT2D eigenvalue weighted by Gasteiger charge is 2.28. The van der Waals surface area contributed by atoms with Crippen LogP contribution < -0.4 is 10.6 Å². The maximum Gasteiger partial charge on any atom is 0.227 e. The molecule has 0 radical (unpaired) electrons. The highest BCUT2D eigenvalue weighted by molar-refractivity contribution is 5.95. The van der Waals surface area contributed by atoms with Gasteiger partial charge in [0, 0.05) is 24.7 Å². The van der Waals surface area contributed by atoms with Gasteiger partial charge < -0.3 is 10.6 Å². The van der Waals surface area contributed by atoms with E-state index in [4.69, 9.17) is 5.73 Å². The minimum absolute atomic E-state index is 0.00751. The molecule has 98 valence electrons. The van der Waals surface area contributed by atoms with Crippen molar-refractivity contribution >= 4 is 11.6 Å². The number of nitrogens with zero attached hydrogens (tertiary/aromatic N) is 1. The zero-order valence-corrected chi connectivity index (χ0v) is 11.4. The number of hydrogen-bond acceptors (Lipinski definition) is 2. The fourth-order valence-electron chi connectivity index (χ4n) is 2.41. The van der Waals surface area contributed by atoms with E-state index < -0.39 is 0 Å². The van der Waals surface area contributed by atoms with Crippen molar-refractivity contribution < 1.29 is 4.79 Å². The van der Waals surface area contributed by atoms with E-state index in [0.717, 1.165) is 12.1 Å². The first-order valence-corrected chi connectivity index (χ1v) is 6.51. The molecule has 1 aliphatic heterocycles. The van der Waals surface area contributed by atoms with Crippen molar-refractivity contribution in [2.45, 2.75) is 39.7 Å². The van der Waals surface area contributed by atoms with Crippen LogP contribution in [0.4, 0.5) is 5.69 Å². The average Bonchev–Trinajstić information content (AvgIpc) is 2.25. The molecule has 0 bridgehead atoms. The van der Waals surface area contributed by atoms with Crippen molar-refractivity contribution in [2.24, 2.45) is 11.1 Å². The van der Waals surface area contributed by atoms with Gasteiger partial charge in [-0.15, -0.1) is 0 Å². The maximum atomic E-state index is 12.4. The van der Waals surface area contributed by atoms with Crippen LogP contribution in [-0.2, 0) is 11.2 Å². The van der Waals surface area contributed by atoms with Crippen molar-refractivity contribution in [3.05, 3.63) is 29.8 Å². The summed E-state index contributed by atoms with van der Waals surface area (Å²) in [4.78, 5) is 14.2. The number of carbonyl (C=O) groups excluding carboxylic acids is 1. The van der Waals surface area contributed by atoms with Gasteiger partial charge in [0.1, 0.15) is 0 Å². The van der Waals surface area contributed by atoms with Crippen LogP contribution in [0.25, 0.3) is 0 Å². The highest BCUT2D eigenvalue weighted by atomic mass is 16.2. The largest absolute Gasteiger partial charge is 0.326 e. The summed E-state index contributed by atoms with van der Waals surface area (Å²) in [7, 11) is 0. The van der Waals surface area contributed by atoms with Crippen LogP contribution in [0, 0.1) is 5.41 Å². The van der Waals surface area contributed by atoms with E-state index in [1.54, 1.807) is 0 Å². The summed E-state index contributed by atoms with van der Waals surface area (Å²) in [5.41, 5.74) is 8.27. The molecule has 1 unspecified atom stereocenters. The summed E-state index contributed by atoms with van der Waals surface area (Å²) >= 11 is 0. The zero-order valence-electron chi connectivity index (χ0n) is 11.4. The number of carbonyl (C=O) groups is 1. The van der Waals surface area contributed by atoms with Gasteiger partial charge in [-0.25, -0.2) is 0 Å². The third kappa shape index (κ3) is 2.91. The molecule has 18 heavy (non-hydrogen) atoms. The molecule has 1 aromatic rings. The van der Waals surface area contributed by atoms with Crippen LogP contribution in [0.15, 0.2) is 24.3 Å². The van der Waals surface area contributed by atoms with Gasteiger partial charge in [-0.3, -0.25) is 4.79 Å². The lowest BCUT2D eigenvalue weighted by Gasteiger charge is -2.34. The number of para-hydroxylation sites is 1. The van der Waals surface area contributed by atoms with Crippen LogP contribution in [0.5, 0.6) is 0 Å². The number of anilines is 1. The molecule has 2 rings (SSSR count). The second kappa shape index (κ2) is 4.73. The summed E-state index contributed by atoms with van der Waals surface area (Å²) in [6.45, 7) is 6.88. The summed E-state index contributed by atoms with van der Waals surface area (Å²) in [5, 5.41) is 0. The number of nitrogens with two attached hydrogens (primary N) is 1. The van der Waals surface area contributed by atoms with Crippen LogP contribution in [0.3, 0.4) is 0 Å². The molecule has 0 saturated carbocycles. The molecular formula is C15H22N2O. The van der Waals surface area contributed by atoms with Gasteiger partial charge in [0.25, 0.3) is 0 Å². The summed E-state index contributed by atoms with van der Waals surface area (Å²) in [6, 6.07) is 8.10. The Hall–Kier alpha value is -1.35. The first-order valence-electron chi connectivity index (χ1n) is 6.51. The van der Waals surface area contributed by atoms with Gasteiger partial charge in [0.2, 0.25) is 5.91 Å². The monoisotopic (exact) mass is 246 g/mol. The Morgan fingerprint density at radius 1 is 1.39 bits per heavy atom. The van der Waals surface area contributed by atoms with E-state index in [9.17, 15) is 4.79 Å². The number of amides is 1. The Bertz CT molecular complexity index is 448. The lowest BCUT2D eigenvalue weighted by Crippen LogP contribution is -2.47. The normalized spacial score (nSPS) is 19.6. The van der Waals surface area contributed by atoms with E-state index in [-0.39, 0.29) is 17.4 Å². The molecule has 0 fully saturated rings. The van der Waals surface area contributed by atoms with E-state index in [1.807, 2.05) is 23.1 Å². The predicted molar refractivity (Wildman–Crippen MR) is 74.5 cm³/mol. The van der Waals surface area contributed by atoms with E-state index in [1.165, 1.54) is 5.56 Å². The molecule has 0 aromatic heterocycles. The summed E-state index contributed by atoms with van der Waals surface area (Å²) in [5.74, 6) is 0.171. The third-order valence-corrected chi connectivity index (χ3v) is 3.16. The van der Waals surface area contributed by atoms with Gasteiger partial charge in [0.05, 0.1) is 0 Å². The summed E-state index contributed by atoms with van der Waals surface area (Å²) in [6.07, 6.45) is 1.41. The first kappa shape index (κ1) is 13.1. The topological polar surface area (TPSA) is 46.3 Å². The van der Waals surface area contributed by atoms with Gasteiger partial charge >= 0.3 is 0 Å². The zero-order chi connectivity index (χ0) is 13.3. The van der Waals surface area contributed by atoms with Crippen LogP contribution >= 0.6 is 0 Å². The number of hydrogen-bond donors (Lipinski definition) is 1. The molecule has 0 aliphatic carbocycles. The highest BCUT2D eigenvalue weighted by Crippen LogP contribution is 2.29. The average molecular weight is 246 g/mol. The van der Waals surface area contributed by atoms with Crippen molar-refractivity contribution in [1.29, 1.82) is 0 Å². The van der Waals surface area contributed by atoms with Crippen molar-refractivity contribution in [2.75, 3.05) is 11.4 Å². The van der Waals surface area contributed by atoms with Crippen molar-refractivity contribution in [3.8, 4) is 0 Å². The van der Waals surface area contributed by atoms with Crippen LogP contribution in [0.1, 0.15) is 32.8 Å². The van der Waals surface area contributed by atoms with E-state index in [0.29, 0.717) is 13.0 Å². The van der Waals surface area contributed by atoms with Gasteiger partial charge in [0.15, 0.2) is 0 Å². The molecule has 2 N–H and O–H groups in total. The van der Waals surface area contributed by atoms with Crippen molar-refractivity contribution in [3.63, 3.8) is 0 Å². The van der Waals surface area contributed by atoms with Crippen LogP contribution in [-0.4, -0.2) is 18.5 Å². The Morgan fingerprint density at radius 3 is 2.72 bits per heavy atom. The Morgan fingerprint density at radius 2 is 2.06 bits per heavy atom. The Balaban J connectivity index is 2.26. The van der Waals surface area contributed by atoms with Gasteiger partial charge in [-0.05, 0) is 23.5 Å². The minimum Gasteiger partial charge on any atom is -0.326 e. The fourth-order valence-corrected chi connectivity index (χ4v) is 2.41. The summed E-state index contributed by atoms with van der Waals surface area (Å²) < 4.78 is 0. The molecule has 1 heterocycles. The molecular weight excluding hydrogens is 224 g/mol. The number of fused-ring (bicyclic) bond motifs is 1. The number of benzene rings is 1. The minimum atomic E-state index is 0.00751. The van der Waals surface area contributed by atoms with Crippen LogP contribution in [0.2, 0.25) is 0 Å². The van der Waals surface area contributed by atoms with Gasteiger partial charge in [-0.2, -0.15) is 0 Å². The maximum absolute atomic E-state index is 12.4. The quantitative estimate of drug-likeness (QED) is 0.826. The molecule has 1 aliphatic rings. The van der Waals surface area contributed by atoms with Gasteiger partial charge in [-0.1, -0.05) is 39.0 Å². The molecule has 1 aromatic carbocycles. The molecule has 3 nitrogen and oxygen atoms in total. The van der Waals surface area contributed by atoms with Crippen molar-refractivity contribution in [1.82, 2.24) is 0 Å². The molecule has 0 spiro atoms. The second-order valence-corrected chi connectivity index (χ2v) is 6.33. The molecule has 0 saturated heterocycles. The Kier molecular flexibility index (Phi) is 3.44.